The number of hydrogen-bond donors (Lipinski definition) is 3. The first-order chi connectivity index (χ1) is 16.5. The van der Waals surface area contributed by atoms with Gasteiger partial charge in [-0.1, -0.05) is 11.8 Å². The maximum Gasteiger partial charge on any atom is 0.490 e. The summed E-state index contributed by atoms with van der Waals surface area (Å²) in [5, 5.41) is 17.9. The third-order valence-corrected chi connectivity index (χ3v) is 4.94. The predicted molar refractivity (Wildman–Crippen MR) is 114 cm³/mol. The van der Waals surface area contributed by atoms with Crippen molar-refractivity contribution in [2.75, 3.05) is 19.7 Å². The SMILES string of the molecule is CCOC(=O)Cn1ccnc1/C=C1\CNCCC1SC(C)=O.O=C(O)C(F)(F)F.O=C(O)C(F)(F)F. The molecule has 0 spiro atoms. The Balaban J connectivity index is 0.000000720. The van der Waals surface area contributed by atoms with Gasteiger partial charge in [-0.25, -0.2) is 14.6 Å². The molecule has 1 aliphatic heterocycles. The van der Waals surface area contributed by atoms with Gasteiger partial charge in [0, 0.05) is 31.1 Å². The number of thioether (sulfide) groups is 1. The molecule has 0 aliphatic carbocycles. The Kier molecular flexibility index (Phi) is 13.8. The third kappa shape index (κ3) is 13.7. The number of ether oxygens (including phenoxy) is 1. The molecule has 1 atom stereocenters. The minimum atomic E-state index is -5.08. The summed E-state index contributed by atoms with van der Waals surface area (Å²) in [6.07, 6.45) is -3.87. The Hall–Kier alpha value is -3.08. The molecule has 2 heterocycles. The number of hydrogen-bond acceptors (Lipinski definition) is 8. The van der Waals surface area contributed by atoms with Gasteiger partial charge in [0.2, 0.25) is 0 Å². The number of carbonyl (C=O) groups excluding carboxylic acids is 2. The van der Waals surface area contributed by atoms with Crippen LogP contribution >= 0.6 is 11.8 Å². The lowest BCUT2D eigenvalue weighted by Crippen LogP contribution is -2.32. The summed E-state index contributed by atoms with van der Waals surface area (Å²) in [6, 6.07) is 0. The molecule has 3 N–H and O–H groups in total. The summed E-state index contributed by atoms with van der Waals surface area (Å²) in [7, 11) is 0. The molecular weight excluding hydrogens is 528 g/mol. The van der Waals surface area contributed by atoms with Crippen LogP contribution in [0.5, 0.6) is 0 Å². The summed E-state index contributed by atoms with van der Waals surface area (Å²) in [6.45, 7) is 5.52. The molecule has 1 aromatic rings. The average Bonchev–Trinajstić information content (AvgIpc) is 3.15. The molecule has 0 aromatic carbocycles. The summed E-state index contributed by atoms with van der Waals surface area (Å²) < 4.78 is 70.2. The topological polar surface area (TPSA) is 148 Å². The van der Waals surface area contributed by atoms with E-state index < -0.39 is 24.3 Å². The monoisotopic (exact) mass is 551 g/mol. The predicted octanol–water partition coefficient (Wildman–Crippen LogP) is 2.74. The molecule has 17 heteroatoms. The number of nitrogens with one attached hydrogen (secondary N) is 1. The second kappa shape index (κ2) is 15.1. The van der Waals surface area contributed by atoms with Crippen LogP contribution in [0.3, 0.4) is 0 Å². The van der Waals surface area contributed by atoms with Crippen LogP contribution < -0.4 is 5.32 Å². The molecule has 0 saturated carbocycles. The van der Waals surface area contributed by atoms with Crippen molar-refractivity contribution in [1.29, 1.82) is 0 Å². The normalized spacial score (nSPS) is 16.7. The lowest BCUT2D eigenvalue weighted by Gasteiger charge is -2.24. The highest BCUT2D eigenvalue weighted by Gasteiger charge is 2.38. The Bertz CT molecular complexity index is 907. The van der Waals surface area contributed by atoms with Crippen LogP contribution in [-0.4, -0.2) is 80.1 Å². The largest absolute Gasteiger partial charge is 0.490 e. The molecule has 1 saturated heterocycles. The van der Waals surface area contributed by atoms with E-state index in [9.17, 15) is 35.9 Å². The number of halogens is 6. The maximum absolute atomic E-state index is 11.6. The average molecular weight is 551 g/mol. The van der Waals surface area contributed by atoms with Gasteiger partial charge >= 0.3 is 30.3 Å². The Morgan fingerprint density at radius 1 is 1.17 bits per heavy atom. The van der Waals surface area contributed by atoms with Gasteiger partial charge in [-0.3, -0.25) is 9.59 Å². The number of piperidine rings is 1. The molecule has 1 unspecified atom stereocenters. The van der Waals surface area contributed by atoms with E-state index in [1.54, 1.807) is 30.8 Å². The van der Waals surface area contributed by atoms with Crippen molar-refractivity contribution in [2.24, 2.45) is 0 Å². The maximum atomic E-state index is 11.6. The van der Waals surface area contributed by atoms with E-state index in [2.05, 4.69) is 10.3 Å². The number of carboxylic acids is 2. The van der Waals surface area contributed by atoms with Gasteiger partial charge in [0.25, 0.3) is 0 Å². The number of nitrogens with zero attached hydrogens (tertiary/aromatic N) is 2. The first-order valence-corrected chi connectivity index (χ1v) is 10.7. The van der Waals surface area contributed by atoms with Gasteiger partial charge in [0.1, 0.15) is 12.4 Å². The van der Waals surface area contributed by atoms with Crippen LogP contribution in [0.1, 0.15) is 26.1 Å². The molecule has 1 aliphatic rings. The Morgan fingerprint density at radius 2 is 1.69 bits per heavy atom. The second-order valence-corrected chi connectivity index (χ2v) is 7.99. The number of aromatic nitrogens is 2. The fourth-order valence-corrected chi connectivity index (χ4v) is 3.29. The standard InChI is InChI=1S/C15H21N3O3S.2C2HF3O2/c1-3-21-15(20)10-18-7-6-17-14(18)8-12-9-16-5-4-13(12)22-11(2)19;2*3-2(4,5)1(6)7/h6-8,13,16H,3-5,9-10H2,1-2H3;2*(H,6,7)/b12-8+;;. The van der Waals surface area contributed by atoms with Crippen molar-refractivity contribution in [3.8, 4) is 0 Å². The van der Waals surface area contributed by atoms with Crippen LogP contribution in [0.4, 0.5) is 26.3 Å². The van der Waals surface area contributed by atoms with Gasteiger partial charge in [0.15, 0.2) is 5.12 Å². The van der Waals surface area contributed by atoms with E-state index in [4.69, 9.17) is 24.5 Å². The molecule has 0 bridgehead atoms. The highest BCUT2D eigenvalue weighted by molar-refractivity contribution is 8.14. The second-order valence-electron chi connectivity index (χ2n) is 6.61. The first-order valence-electron chi connectivity index (χ1n) is 9.84. The van der Waals surface area contributed by atoms with E-state index >= 15 is 0 Å². The fraction of sp³-hybridized carbons (Fsp3) is 0.526. The summed E-state index contributed by atoms with van der Waals surface area (Å²) in [4.78, 5) is 45.1. The van der Waals surface area contributed by atoms with Crippen LogP contribution in [0, 0.1) is 0 Å². The first kappa shape index (κ1) is 32.9. The van der Waals surface area contributed by atoms with Crippen LogP contribution in [0.2, 0.25) is 0 Å². The number of carbonyl (C=O) groups is 4. The minimum Gasteiger partial charge on any atom is -0.475 e. The van der Waals surface area contributed by atoms with Crippen molar-refractivity contribution < 1.29 is 60.5 Å². The van der Waals surface area contributed by atoms with Gasteiger partial charge in [-0.05, 0) is 31.5 Å². The molecule has 10 nitrogen and oxygen atoms in total. The van der Waals surface area contributed by atoms with Crippen molar-refractivity contribution in [2.45, 2.75) is 44.4 Å². The summed E-state index contributed by atoms with van der Waals surface area (Å²) in [5.74, 6) is -5.09. The van der Waals surface area contributed by atoms with Crippen molar-refractivity contribution in [3.63, 3.8) is 0 Å². The van der Waals surface area contributed by atoms with Gasteiger partial charge in [-0.2, -0.15) is 26.3 Å². The van der Waals surface area contributed by atoms with Crippen molar-refractivity contribution in [3.05, 3.63) is 23.8 Å². The number of esters is 1. The lowest BCUT2D eigenvalue weighted by atomic mass is 10.1. The van der Waals surface area contributed by atoms with Crippen LogP contribution in [0.15, 0.2) is 18.0 Å². The summed E-state index contributed by atoms with van der Waals surface area (Å²) in [5.41, 5.74) is 1.13. The summed E-state index contributed by atoms with van der Waals surface area (Å²) >= 11 is 1.36. The molecule has 0 amide bonds. The van der Waals surface area contributed by atoms with Gasteiger partial charge in [0.05, 0.1) is 6.61 Å². The molecule has 204 valence electrons. The van der Waals surface area contributed by atoms with E-state index in [1.165, 1.54) is 11.8 Å². The van der Waals surface area contributed by atoms with E-state index in [1.807, 2.05) is 6.08 Å². The molecule has 0 radical (unpaired) electrons. The minimum absolute atomic E-state index is 0.118. The fourth-order valence-electron chi connectivity index (χ4n) is 2.35. The number of aliphatic carboxylic acids is 2. The number of carboxylic acid groups (broad SMARTS) is 2. The van der Waals surface area contributed by atoms with Crippen LogP contribution in [-0.2, 0) is 30.5 Å². The zero-order chi connectivity index (χ0) is 28.1. The van der Waals surface area contributed by atoms with E-state index in [0.29, 0.717) is 12.4 Å². The number of alkyl halides is 6. The van der Waals surface area contributed by atoms with Crippen molar-refractivity contribution in [1.82, 2.24) is 14.9 Å². The Labute approximate surface area is 204 Å². The number of rotatable bonds is 5. The molecule has 1 aromatic heterocycles. The number of imidazole rings is 1. The highest BCUT2D eigenvalue weighted by atomic mass is 32.2. The molecule has 36 heavy (non-hydrogen) atoms. The van der Waals surface area contributed by atoms with Crippen molar-refractivity contribution >= 4 is 40.9 Å². The van der Waals surface area contributed by atoms with Gasteiger partial charge < -0.3 is 24.8 Å². The zero-order valence-corrected chi connectivity index (χ0v) is 19.7. The molecule has 2 rings (SSSR count). The van der Waals surface area contributed by atoms with E-state index in [-0.39, 0.29) is 22.9 Å². The van der Waals surface area contributed by atoms with Crippen LogP contribution in [0.25, 0.3) is 6.08 Å². The lowest BCUT2D eigenvalue weighted by molar-refractivity contribution is -0.193. The molecule has 1 fully saturated rings. The quantitative estimate of drug-likeness (QED) is 0.369. The Morgan fingerprint density at radius 3 is 2.14 bits per heavy atom. The zero-order valence-electron chi connectivity index (χ0n) is 18.9. The van der Waals surface area contributed by atoms with Gasteiger partial charge in [-0.15, -0.1) is 0 Å². The smallest absolute Gasteiger partial charge is 0.475 e. The third-order valence-electron chi connectivity index (χ3n) is 3.79. The molecular formula is C19H23F6N3O7S. The van der Waals surface area contributed by atoms with E-state index in [0.717, 1.165) is 25.1 Å². The highest BCUT2D eigenvalue weighted by Crippen LogP contribution is 2.26.